The molecule has 0 saturated carbocycles. The first-order valence-corrected chi connectivity index (χ1v) is 3.35. The van der Waals surface area contributed by atoms with Crippen LogP contribution in [0.3, 0.4) is 0 Å². The highest BCUT2D eigenvalue weighted by Gasteiger charge is 2.32. The second-order valence-corrected chi connectivity index (χ2v) is 2.38. The van der Waals surface area contributed by atoms with Crippen LogP contribution in [0.5, 0.6) is 5.75 Å². The first-order valence-electron chi connectivity index (χ1n) is 3.35. The summed E-state index contributed by atoms with van der Waals surface area (Å²) in [5.74, 6) is -3.87. The first kappa shape index (κ1) is 8.93. The minimum atomic E-state index is -3.37. The fourth-order valence-corrected chi connectivity index (χ4v) is 0.868. The summed E-state index contributed by atoms with van der Waals surface area (Å²) in [6, 6.07) is 5.04. The molecule has 0 heterocycles. The zero-order valence-electron chi connectivity index (χ0n) is 6.17. The second kappa shape index (κ2) is 3.06. The van der Waals surface area contributed by atoms with E-state index in [0.717, 1.165) is 12.1 Å². The van der Waals surface area contributed by atoms with Gasteiger partial charge in [-0.2, -0.15) is 8.78 Å². The number of para-hydroxylation sites is 1. The summed E-state index contributed by atoms with van der Waals surface area (Å²) in [5, 5.41) is 17.3. The molecule has 1 aromatic rings. The Kier molecular flexibility index (Phi) is 2.28. The number of aromatic hydroxyl groups is 1. The van der Waals surface area contributed by atoms with Gasteiger partial charge in [0.05, 0.1) is 5.56 Å². The van der Waals surface area contributed by atoms with Gasteiger partial charge in [-0.1, -0.05) is 12.1 Å². The van der Waals surface area contributed by atoms with Crippen LogP contribution in [0.4, 0.5) is 8.78 Å². The Hall–Kier alpha value is -1.16. The standard InChI is InChI=1S/C8H8F2O2/c9-8(10,5-11)6-3-1-2-4-7(6)12/h1-4,11-12H,5H2. The van der Waals surface area contributed by atoms with Gasteiger partial charge in [0.1, 0.15) is 12.4 Å². The number of phenols is 1. The number of rotatable bonds is 2. The monoisotopic (exact) mass is 174 g/mol. The highest BCUT2D eigenvalue weighted by Crippen LogP contribution is 2.33. The molecule has 2 N–H and O–H groups in total. The average Bonchev–Trinajstić information content (AvgIpc) is 2.05. The van der Waals surface area contributed by atoms with Gasteiger partial charge in [-0.05, 0) is 12.1 Å². The molecule has 0 unspecified atom stereocenters. The molecule has 0 fully saturated rings. The van der Waals surface area contributed by atoms with Crippen LogP contribution in [0.1, 0.15) is 5.56 Å². The smallest absolute Gasteiger partial charge is 0.299 e. The molecule has 0 saturated heterocycles. The molecule has 0 amide bonds. The van der Waals surface area contributed by atoms with Crippen molar-refractivity contribution in [1.82, 2.24) is 0 Å². The second-order valence-electron chi connectivity index (χ2n) is 2.38. The lowest BCUT2D eigenvalue weighted by molar-refractivity contribution is -0.0571. The van der Waals surface area contributed by atoms with E-state index in [4.69, 9.17) is 10.2 Å². The van der Waals surface area contributed by atoms with Gasteiger partial charge in [0.15, 0.2) is 0 Å². The summed E-state index contributed by atoms with van der Waals surface area (Å²) in [6.45, 7) is -1.30. The molecule has 0 spiro atoms. The number of hydrogen-bond acceptors (Lipinski definition) is 2. The van der Waals surface area contributed by atoms with Crippen LogP contribution in [0.2, 0.25) is 0 Å². The lowest BCUT2D eigenvalue weighted by Gasteiger charge is -2.14. The third kappa shape index (κ3) is 1.53. The molecule has 1 aromatic carbocycles. The highest BCUT2D eigenvalue weighted by atomic mass is 19.3. The molecule has 12 heavy (non-hydrogen) atoms. The summed E-state index contributed by atoms with van der Waals surface area (Å²) in [6.07, 6.45) is 0. The van der Waals surface area contributed by atoms with E-state index in [2.05, 4.69) is 0 Å². The number of aliphatic hydroxyl groups excluding tert-OH is 1. The van der Waals surface area contributed by atoms with E-state index in [0.29, 0.717) is 0 Å². The lowest BCUT2D eigenvalue weighted by Crippen LogP contribution is -2.18. The van der Waals surface area contributed by atoms with Gasteiger partial charge >= 0.3 is 0 Å². The quantitative estimate of drug-likeness (QED) is 0.712. The van der Waals surface area contributed by atoms with Crippen molar-refractivity contribution >= 4 is 0 Å². The Bertz CT molecular complexity index is 274. The zero-order chi connectivity index (χ0) is 9.19. The van der Waals surface area contributed by atoms with Gasteiger partial charge in [0.25, 0.3) is 5.92 Å². The molecule has 1 rings (SSSR count). The summed E-state index contributed by atoms with van der Waals surface area (Å²) in [4.78, 5) is 0. The molecule has 0 atom stereocenters. The van der Waals surface area contributed by atoms with E-state index >= 15 is 0 Å². The molecule has 0 radical (unpaired) electrons. The van der Waals surface area contributed by atoms with Crippen molar-refractivity contribution in [2.45, 2.75) is 5.92 Å². The van der Waals surface area contributed by atoms with Crippen LogP contribution < -0.4 is 0 Å². The molecular formula is C8H8F2O2. The van der Waals surface area contributed by atoms with E-state index in [1.807, 2.05) is 0 Å². The zero-order valence-corrected chi connectivity index (χ0v) is 6.17. The van der Waals surface area contributed by atoms with Crippen molar-refractivity contribution < 1.29 is 19.0 Å². The maximum Gasteiger partial charge on any atom is 0.299 e. The van der Waals surface area contributed by atoms with E-state index in [9.17, 15) is 8.78 Å². The van der Waals surface area contributed by atoms with Crippen LogP contribution in [0.25, 0.3) is 0 Å². The number of benzene rings is 1. The molecule has 2 nitrogen and oxygen atoms in total. The number of aliphatic hydroxyl groups is 1. The van der Waals surface area contributed by atoms with Crippen LogP contribution in [-0.4, -0.2) is 16.8 Å². The minimum Gasteiger partial charge on any atom is -0.507 e. The molecule has 0 aliphatic rings. The first-order chi connectivity index (χ1) is 5.58. The largest absolute Gasteiger partial charge is 0.507 e. The normalized spacial score (nSPS) is 11.6. The van der Waals surface area contributed by atoms with Crippen LogP contribution >= 0.6 is 0 Å². The van der Waals surface area contributed by atoms with Crippen molar-refractivity contribution in [2.75, 3.05) is 6.61 Å². The predicted octanol–water partition coefficient (Wildman–Crippen LogP) is 1.48. The van der Waals surface area contributed by atoms with E-state index < -0.39 is 23.8 Å². The summed E-state index contributed by atoms with van der Waals surface area (Å²) >= 11 is 0. The maximum absolute atomic E-state index is 12.7. The topological polar surface area (TPSA) is 40.5 Å². The van der Waals surface area contributed by atoms with Gasteiger partial charge < -0.3 is 10.2 Å². The Balaban J connectivity index is 3.10. The molecular weight excluding hydrogens is 166 g/mol. The molecule has 0 aliphatic heterocycles. The summed E-state index contributed by atoms with van der Waals surface area (Å²) in [5.41, 5.74) is -0.549. The van der Waals surface area contributed by atoms with Crippen molar-refractivity contribution in [3.05, 3.63) is 29.8 Å². The van der Waals surface area contributed by atoms with Crippen LogP contribution in [0, 0.1) is 0 Å². The van der Waals surface area contributed by atoms with Gasteiger partial charge in [0.2, 0.25) is 0 Å². The third-order valence-corrected chi connectivity index (χ3v) is 1.50. The third-order valence-electron chi connectivity index (χ3n) is 1.50. The Morgan fingerprint density at radius 2 is 1.83 bits per heavy atom. The SMILES string of the molecule is OCC(F)(F)c1ccccc1O. The molecule has 0 bridgehead atoms. The number of alkyl halides is 2. The van der Waals surface area contributed by atoms with Crippen molar-refractivity contribution in [1.29, 1.82) is 0 Å². The van der Waals surface area contributed by atoms with E-state index in [1.165, 1.54) is 12.1 Å². The minimum absolute atomic E-state index is 0.503. The van der Waals surface area contributed by atoms with Crippen LogP contribution in [0.15, 0.2) is 24.3 Å². The number of halogens is 2. The predicted molar refractivity (Wildman–Crippen MR) is 39.1 cm³/mol. The number of phenolic OH excluding ortho intramolecular Hbond substituents is 1. The summed E-state index contributed by atoms with van der Waals surface area (Å²) in [7, 11) is 0. The van der Waals surface area contributed by atoms with E-state index in [-0.39, 0.29) is 0 Å². The van der Waals surface area contributed by atoms with Gasteiger partial charge in [-0.15, -0.1) is 0 Å². The van der Waals surface area contributed by atoms with Crippen molar-refractivity contribution in [3.8, 4) is 5.75 Å². The maximum atomic E-state index is 12.7. The molecule has 66 valence electrons. The fourth-order valence-electron chi connectivity index (χ4n) is 0.868. The molecule has 0 aromatic heterocycles. The van der Waals surface area contributed by atoms with Crippen molar-refractivity contribution in [2.24, 2.45) is 0 Å². The molecule has 0 aliphatic carbocycles. The molecule has 4 heteroatoms. The Morgan fingerprint density at radius 3 is 2.33 bits per heavy atom. The Labute approximate surface area is 68.1 Å². The summed E-state index contributed by atoms with van der Waals surface area (Å²) < 4.78 is 25.5. The Morgan fingerprint density at radius 1 is 1.25 bits per heavy atom. The number of hydrogen-bond donors (Lipinski definition) is 2. The average molecular weight is 174 g/mol. The van der Waals surface area contributed by atoms with Gasteiger partial charge in [-0.3, -0.25) is 0 Å². The van der Waals surface area contributed by atoms with E-state index in [1.54, 1.807) is 0 Å². The van der Waals surface area contributed by atoms with Gasteiger partial charge in [-0.25, -0.2) is 0 Å². The fraction of sp³-hybridized carbons (Fsp3) is 0.250. The highest BCUT2D eigenvalue weighted by molar-refractivity contribution is 5.35. The van der Waals surface area contributed by atoms with Gasteiger partial charge in [0, 0.05) is 0 Å². The van der Waals surface area contributed by atoms with Crippen LogP contribution in [-0.2, 0) is 5.92 Å². The van der Waals surface area contributed by atoms with Crippen molar-refractivity contribution in [3.63, 3.8) is 0 Å². The lowest BCUT2D eigenvalue weighted by atomic mass is 10.1.